The average Bonchev–Trinajstić information content (AvgIpc) is 3.20. The van der Waals surface area contributed by atoms with Gasteiger partial charge >= 0.3 is 0 Å². The third kappa shape index (κ3) is 4.07. The predicted molar refractivity (Wildman–Crippen MR) is 109 cm³/mol. The number of carbonyl (C=O) groups is 1. The number of piperazine rings is 1. The van der Waals surface area contributed by atoms with Crippen molar-refractivity contribution in [1.82, 2.24) is 29.4 Å². The van der Waals surface area contributed by atoms with E-state index in [0.717, 1.165) is 49.4 Å². The number of unbranched alkanes of at least 4 members (excludes halogenated alkanes) is 1. The molecule has 158 valence electrons. The van der Waals surface area contributed by atoms with Crippen molar-refractivity contribution in [3.63, 3.8) is 0 Å². The van der Waals surface area contributed by atoms with Crippen LogP contribution >= 0.6 is 12.4 Å². The minimum absolute atomic E-state index is 0. The molecule has 1 aromatic carbocycles. The second-order valence-corrected chi connectivity index (χ2v) is 8.85. The quantitative estimate of drug-likeness (QED) is 0.592. The summed E-state index contributed by atoms with van der Waals surface area (Å²) in [6.45, 7) is 4.60. The fraction of sp³-hybridized carbons (Fsp3) is 0.529. The monoisotopic (exact) mass is 441 g/mol. The van der Waals surface area contributed by atoms with Gasteiger partial charge in [-0.25, -0.2) is 17.4 Å². The Morgan fingerprint density at radius 2 is 1.72 bits per heavy atom. The first-order valence-corrected chi connectivity index (χ1v) is 10.8. The van der Waals surface area contributed by atoms with Crippen molar-refractivity contribution in [3.8, 4) is 0 Å². The summed E-state index contributed by atoms with van der Waals surface area (Å²) in [6.07, 6.45) is 1.48. The van der Waals surface area contributed by atoms with E-state index in [1.54, 1.807) is 22.9 Å². The number of hydrogen-bond donors (Lipinski definition) is 0. The number of nitrogens with zero attached hydrogens (tertiary/aromatic N) is 7. The maximum Gasteiger partial charge on any atom is 0.269 e. The summed E-state index contributed by atoms with van der Waals surface area (Å²) < 4.78 is 27.8. The molecule has 2 aliphatic rings. The first-order chi connectivity index (χ1) is 13.5. The van der Waals surface area contributed by atoms with Crippen molar-refractivity contribution in [2.24, 2.45) is 7.05 Å². The lowest BCUT2D eigenvalue weighted by molar-refractivity contribution is 0.0868. The largest absolute Gasteiger partial charge is 0.337 e. The van der Waals surface area contributed by atoms with Crippen LogP contribution in [0.25, 0.3) is 0 Å². The van der Waals surface area contributed by atoms with Crippen molar-refractivity contribution >= 4 is 34.3 Å². The molecule has 0 aliphatic carbocycles. The molecule has 3 heterocycles. The summed E-state index contributed by atoms with van der Waals surface area (Å²) >= 11 is 0. The molecule has 1 aromatic heterocycles. The normalized spacial score (nSPS) is 18.6. The number of carbonyl (C=O) groups excluding carboxylic acids is 1. The Morgan fingerprint density at radius 1 is 1.03 bits per heavy atom. The number of fused-ring (bicyclic) bond motifs is 1. The lowest BCUT2D eigenvalue weighted by atomic mass is 10.2. The van der Waals surface area contributed by atoms with E-state index >= 15 is 0 Å². The Morgan fingerprint density at radius 3 is 2.38 bits per heavy atom. The highest BCUT2D eigenvalue weighted by Crippen LogP contribution is 2.30. The summed E-state index contributed by atoms with van der Waals surface area (Å²) in [5.41, 5.74) is 0.275. The highest BCUT2D eigenvalue weighted by Gasteiger charge is 2.40. The summed E-state index contributed by atoms with van der Waals surface area (Å²) in [6, 6.07) is 6.40. The van der Waals surface area contributed by atoms with Crippen LogP contribution in [0, 0.1) is 0 Å². The lowest BCUT2D eigenvalue weighted by Crippen LogP contribution is -2.47. The zero-order chi connectivity index (χ0) is 19.7. The molecule has 12 heteroatoms. The first-order valence-electron chi connectivity index (χ1n) is 9.34. The number of benzene rings is 1. The molecule has 1 amide bonds. The molecule has 0 spiro atoms. The van der Waals surface area contributed by atoms with Gasteiger partial charge in [0.1, 0.15) is 4.90 Å². The zero-order valence-corrected chi connectivity index (χ0v) is 17.8. The molecule has 0 atom stereocenters. The second-order valence-electron chi connectivity index (χ2n) is 7.02. The molecule has 0 unspecified atom stereocenters. The Labute approximate surface area is 175 Å². The van der Waals surface area contributed by atoms with Crippen molar-refractivity contribution in [2.75, 3.05) is 44.2 Å². The first kappa shape index (κ1) is 21.5. The molecule has 1 saturated heterocycles. The molecule has 10 nitrogen and oxygen atoms in total. The van der Waals surface area contributed by atoms with Crippen LogP contribution in [0.5, 0.6) is 0 Å². The molecule has 1 fully saturated rings. The summed E-state index contributed by atoms with van der Waals surface area (Å²) in [5, 5.41) is 11.6. The molecular weight excluding hydrogens is 418 g/mol. The highest BCUT2D eigenvalue weighted by atomic mass is 35.5. The van der Waals surface area contributed by atoms with Crippen molar-refractivity contribution in [3.05, 3.63) is 29.8 Å². The van der Waals surface area contributed by atoms with Gasteiger partial charge in [0.15, 0.2) is 0 Å². The SMILES string of the molecule is Cl.Cn1nnnc1N1CCN(CCCCN2C(=O)c3ccccc3S2(=O)=O)CC1. The molecule has 0 bridgehead atoms. The van der Waals surface area contributed by atoms with E-state index in [9.17, 15) is 13.2 Å². The standard InChI is InChI=1S/C17H23N7O3S.ClH/c1-21-17(18-19-20-21)23-12-10-22(11-13-23)8-4-5-9-24-16(25)14-6-2-3-7-15(14)28(24,26)27;/h2-3,6-7H,4-5,8-13H2,1H3;1H. The van der Waals surface area contributed by atoms with Crippen LogP contribution in [0.15, 0.2) is 29.2 Å². The average molecular weight is 442 g/mol. The highest BCUT2D eigenvalue weighted by molar-refractivity contribution is 7.90. The van der Waals surface area contributed by atoms with Gasteiger partial charge in [0, 0.05) is 39.8 Å². The smallest absolute Gasteiger partial charge is 0.269 e. The molecule has 0 N–H and O–H groups in total. The van der Waals surface area contributed by atoms with Crippen molar-refractivity contribution in [1.29, 1.82) is 0 Å². The van der Waals surface area contributed by atoms with Gasteiger partial charge in [-0.1, -0.05) is 17.2 Å². The molecule has 0 saturated carbocycles. The number of amides is 1. The Hall–Kier alpha value is -2.24. The van der Waals surface area contributed by atoms with Crippen LogP contribution in [-0.4, -0.2) is 83.0 Å². The molecule has 2 aliphatic heterocycles. The summed E-state index contributed by atoms with van der Waals surface area (Å²) in [4.78, 5) is 17.0. The fourth-order valence-corrected chi connectivity index (χ4v) is 5.31. The van der Waals surface area contributed by atoms with Gasteiger partial charge in [0.25, 0.3) is 15.9 Å². The number of aromatic nitrogens is 4. The summed E-state index contributed by atoms with van der Waals surface area (Å²) in [5.74, 6) is 0.360. The maximum absolute atomic E-state index is 12.5. The van der Waals surface area contributed by atoms with Gasteiger partial charge < -0.3 is 4.90 Å². The topological polar surface area (TPSA) is 105 Å². The predicted octanol–water partition coefficient (Wildman–Crippen LogP) is 0.379. The van der Waals surface area contributed by atoms with E-state index in [-0.39, 0.29) is 29.4 Å². The van der Waals surface area contributed by atoms with Gasteiger partial charge in [0.2, 0.25) is 5.95 Å². The molecule has 0 radical (unpaired) electrons. The Kier molecular flexibility index (Phi) is 6.39. The third-order valence-electron chi connectivity index (χ3n) is 5.25. The van der Waals surface area contributed by atoms with Gasteiger partial charge in [-0.15, -0.1) is 12.4 Å². The lowest BCUT2D eigenvalue weighted by Gasteiger charge is -2.34. The number of tetrazole rings is 1. The number of hydrogen-bond acceptors (Lipinski definition) is 8. The second kappa shape index (κ2) is 8.64. The number of rotatable bonds is 6. The van der Waals surface area contributed by atoms with Gasteiger partial charge in [-0.05, 0) is 41.9 Å². The van der Waals surface area contributed by atoms with Crippen LogP contribution < -0.4 is 4.90 Å². The van der Waals surface area contributed by atoms with Gasteiger partial charge in [-0.2, -0.15) is 0 Å². The van der Waals surface area contributed by atoms with Crippen LogP contribution in [0.1, 0.15) is 23.2 Å². The molecule has 2 aromatic rings. The van der Waals surface area contributed by atoms with Crippen LogP contribution in [0.3, 0.4) is 0 Å². The van der Waals surface area contributed by atoms with E-state index in [4.69, 9.17) is 0 Å². The number of sulfonamides is 1. The van der Waals surface area contributed by atoms with Crippen LogP contribution in [0.2, 0.25) is 0 Å². The molecule has 29 heavy (non-hydrogen) atoms. The minimum atomic E-state index is -3.69. The number of aryl methyl sites for hydroxylation is 1. The van der Waals surface area contributed by atoms with Crippen molar-refractivity contribution in [2.45, 2.75) is 17.7 Å². The van der Waals surface area contributed by atoms with Gasteiger partial charge in [0.05, 0.1) is 5.56 Å². The van der Waals surface area contributed by atoms with E-state index in [2.05, 4.69) is 25.3 Å². The van der Waals surface area contributed by atoms with E-state index in [1.807, 2.05) is 7.05 Å². The Bertz CT molecular complexity index is 973. The van der Waals surface area contributed by atoms with Crippen LogP contribution in [-0.2, 0) is 17.1 Å². The number of halogens is 1. The van der Waals surface area contributed by atoms with Gasteiger partial charge in [-0.3, -0.25) is 9.69 Å². The maximum atomic E-state index is 12.5. The number of anilines is 1. The summed E-state index contributed by atoms with van der Waals surface area (Å²) in [7, 11) is -1.87. The Balaban J connectivity index is 0.00000240. The van der Waals surface area contributed by atoms with E-state index in [0.29, 0.717) is 6.42 Å². The molecule has 4 rings (SSSR count). The van der Waals surface area contributed by atoms with E-state index in [1.165, 1.54) is 6.07 Å². The van der Waals surface area contributed by atoms with Crippen molar-refractivity contribution < 1.29 is 13.2 Å². The minimum Gasteiger partial charge on any atom is -0.337 e. The zero-order valence-electron chi connectivity index (χ0n) is 16.1. The third-order valence-corrected chi connectivity index (χ3v) is 7.09. The fourth-order valence-electron chi connectivity index (χ4n) is 3.71. The van der Waals surface area contributed by atoms with E-state index < -0.39 is 15.9 Å². The van der Waals surface area contributed by atoms with Crippen LogP contribution in [0.4, 0.5) is 5.95 Å². The molecular formula is C17H24ClN7O3S.